The second-order valence-electron chi connectivity index (χ2n) is 18.8. The number of aromatic nitrogens is 5. The van der Waals surface area contributed by atoms with Crippen LogP contribution in [0.15, 0.2) is 30.7 Å². The Labute approximate surface area is 334 Å². The number of anilines is 1. The summed E-state index contributed by atoms with van der Waals surface area (Å²) in [4.78, 5) is 33.8. The van der Waals surface area contributed by atoms with Crippen molar-refractivity contribution in [3.63, 3.8) is 0 Å². The number of piperidine rings is 1. The van der Waals surface area contributed by atoms with Crippen molar-refractivity contribution in [2.45, 2.75) is 135 Å². The van der Waals surface area contributed by atoms with E-state index in [1.807, 2.05) is 54.8 Å². The third-order valence-electron chi connectivity index (χ3n) is 10.5. The maximum atomic E-state index is 13.5. The molecule has 0 saturated carbocycles. The summed E-state index contributed by atoms with van der Waals surface area (Å²) in [6.07, 6.45) is 9.17. The number of nitrogens with zero attached hydrogens (tertiary/aromatic N) is 7. The van der Waals surface area contributed by atoms with Crippen molar-refractivity contribution in [1.82, 2.24) is 29.5 Å². The molecule has 6 rings (SSSR count). The van der Waals surface area contributed by atoms with Crippen LogP contribution >= 0.6 is 11.3 Å². The fourth-order valence-electron chi connectivity index (χ4n) is 7.67. The molecule has 2 aliphatic heterocycles. The van der Waals surface area contributed by atoms with Crippen LogP contribution in [0.2, 0.25) is 58.2 Å². The fourth-order valence-corrected chi connectivity index (χ4v) is 9.92. The highest BCUT2D eigenvalue weighted by Gasteiger charge is 2.46. The predicted octanol–water partition coefficient (Wildman–Crippen LogP) is 8.41. The molecular weight excluding hydrogens is 742 g/mol. The standard InChI is InChI=1S/C40H62BN7O4SSi2/c1-27-22-43-37(53-27)33-15-12-28(23-42-33)32-24-44-48-36(32)45-35(29-20-30-13-14-31(21-29)47(30)39(49)52-40(2,3)4)34(41-5)38(48)46(25-50-16-18-54(6,7)8)26-51-17-19-55(9,10)11/h12,15,22-24,29-31,41H,13-14,16-21,25-26H2,1-11H3/t29-,30-,31+. The molecule has 0 radical (unpaired) electrons. The van der Waals surface area contributed by atoms with Crippen LogP contribution in [-0.4, -0.2) is 103 Å². The maximum absolute atomic E-state index is 13.5. The minimum Gasteiger partial charge on any atom is -0.444 e. The van der Waals surface area contributed by atoms with Crippen molar-refractivity contribution >= 4 is 57.8 Å². The molecule has 6 heterocycles. The summed E-state index contributed by atoms with van der Waals surface area (Å²) in [5.74, 6) is 1.15. The van der Waals surface area contributed by atoms with Gasteiger partial charge in [0.15, 0.2) is 12.9 Å². The number of rotatable bonds is 15. The van der Waals surface area contributed by atoms with Gasteiger partial charge in [-0.3, -0.25) is 4.98 Å². The normalized spacial score (nSPS) is 19.0. The molecule has 0 aliphatic carbocycles. The minimum absolute atomic E-state index is 0.117. The molecule has 0 N–H and O–H groups in total. The quantitative estimate of drug-likeness (QED) is 0.0666. The third kappa shape index (κ3) is 10.3. The van der Waals surface area contributed by atoms with E-state index in [0.717, 1.165) is 94.4 Å². The highest BCUT2D eigenvalue weighted by atomic mass is 32.1. The molecule has 15 heteroatoms. The Kier molecular flexibility index (Phi) is 12.7. The number of carbonyl (C=O) groups is 1. The summed E-state index contributed by atoms with van der Waals surface area (Å²) in [7, 11) is -1.81. The lowest BCUT2D eigenvalue weighted by Crippen LogP contribution is -2.49. The number of fused-ring (bicyclic) bond motifs is 3. The second-order valence-corrected chi connectivity index (χ2v) is 31.3. The van der Waals surface area contributed by atoms with Gasteiger partial charge in [-0.15, -0.1) is 11.3 Å². The Bertz CT molecular complexity index is 1900. The van der Waals surface area contributed by atoms with Gasteiger partial charge >= 0.3 is 6.09 Å². The van der Waals surface area contributed by atoms with Gasteiger partial charge in [0.1, 0.15) is 29.9 Å². The second kappa shape index (κ2) is 16.8. The molecule has 3 atom stereocenters. The summed E-state index contributed by atoms with van der Waals surface area (Å²) in [6, 6.07) is 6.54. The molecule has 2 fully saturated rings. The van der Waals surface area contributed by atoms with E-state index in [1.54, 1.807) is 11.3 Å². The topological polar surface area (TPSA) is 107 Å². The lowest BCUT2D eigenvalue weighted by molar-refractivity contribution is 0.00572. The fraction of sp³-hybridized carbons (Fsp3) is 0.625. The molecule has 1 amide bonds. The van der Waals surface area contributed by atoms with Crippen LogP contribution in [0.4, 0.5) is 10.6 Å². The van der Waals surface area contributed by atoms with Gasteiger partial charge in [-0.05, 0) is 77.0 Å². The molecule has 2 bridgehead atoms. The number of ether oxygens (including phenoxy) is 3. The number of carbonyl (C=O) groups excluding carboxylic acids is 1. The highest BCUT2D eigenvalue weighted by Crippen LogP contribution is 2.44. The molecular formula is C40H62BN7O4SSi2. The van der Waals surface area contributed by atoms with Gasteiger partial charge in [-0.25, -0.2) is 14.8 Å². The molecule has 298 valence electrons. The van der Waals surface area contributed by atoms with Gasteiger partial charge in [0.05, 0.1) is 11.9 Å². The van der Waals surface area contributed by atoms with E-state index in [0.29, 0.717) is 26.7 Å². The average Bonchev–Trinajstić information content (AvgIpc) is 3.80. The van der Waals surface area contributed by atoms with E-state index < -0.39 is 21.7 Å². The Hall–Kier alpha value is -3.11. The molecule has 55 heavy (non-hydrogen) atoms. The van der Waals surface area contributed by atoms with Crippen LogP contribution in [0.1, 0.15) is 62.9 Å². The Morgan fingerprint density at radius 2 is 1.58 bits per heavy atom. The number of aryl methyl sites for hydroxylation is 1. The van der Waals surface area contributed by atoms with Gasteiger partial charge in [-0.2, -0.15) is 9.61 Å². The van der Waals surface area contributed by atoms with Crippen molar-refractivity contribution in [2.24, 2.45) is 0 Å². The Morgan fingerprint density at radius 3 is 2.09 bits per heavy atom. The van der Waals surface area contributed by atoms with Crippen molar-refractivity contribution in [2.75, 3.05) is 31.6 Å². The Morgan fingerprint density at radius 1 is 0.945 bits per heavy atom. The summed E-state index contributed by atoms with van der Waals surface area (Å²) < 4.78 is 20.9. The molecule has 4 aromatic rings. The predicted molar refractivity (Wildman–Crippen MR) is 232 cm³/mol. The van der Waals surface area contributed by atoms with Gasteiger partial charge in [0.25, 0.3) is 0 Å². The smallest absolute Gasteiger partial charge is 0.410 e. The van der Waals surface area contributed by atoms with E-state index in [9.17, 15) is 4.79 Å². The lowest BCUT2D eigenvalue weighted by atomic mass is 9.69. The monoisotopic (exact) mass is 803 g/mol. The molecule has 0 unspecified atom stereocenters. The zero-order valence-electron chi connectivity index (χ0n) is 35.1. The van der Waals surface area contributed by atoms with E-state index in [-0.39, 0.29) is 24.1 Å². The van der Waals surface area contributed by atoms with Crippen molar-refractivity contribution < 1.29 is 19.0 Å². The van der Waals surface area contributed by atoms with E-state index in [2.05, 4.69) is 69.0 Å². The van der Waals surface area contributed by atoms with Crippen LogP contribution in [-0.2, 0) is 14.2 Å². The number of hydrogen-bond donors (Lipinski definition) is 0. The average molecular weight is 804 g/mol. The Balaban J connectivity index is 1.42. The molecule has 4 aromatic heterocycles. The third-order valence-corrected chi connectivity index (χ3v) is 14.9. The zero-order chi connectivity index (χ0) is 39.7. The van der Waals surface area contributed by atoms with Gasteiger partial charge < -0.3 is 24.0 Å². The maximum Gasteiger partial charge on any atom is 0.410 e. The molecule has 0 aromatic carbocycles. The van der Waals surface area contributed by atoms with Gasteiger partial charge in [0, 0.05) is 81.5 Å². The molecule has 0 spiro atoms. The number of thiazole rings is 1. The molecule has 11 nitrogen and oxygen atoms in total. The van der Waals surface area contributed by atoms with Crippen molar-refractivity contribution in [3.8, 4) is 21.8 Å². The summed E-state index contributed by atoms with van der Waals surface area (Å²) in [5, 5.41) is 5.96. The van der Waals surface area contributed by atoms with Crippen LogP contribution in [0.5, 0.6) is 0 Å². The number of pyridine rings is 1. The highest BCUT2D eigenvalue weighted by molar-refractivity contribution is 7.14. The zero-order valence-corrected chi connectivity index (χ0v) is 37.9. The van der Waals surface area contributed by atoms with Crippen LogP contribution in [0.25, 0.3) is 27.5 Å². The first-order chi connectivity index (χ1) is 25.9. The van der Waals surface area contributed by atoms with E-state index >= 15 is 0 Å². The van der Waals surface area contributed by atoms with Crippen molar-refractivity contribution in [1.29, 1.82) is 0 Å². The lowest BCUT2D eigenvalue weighted by Gasteiger charge is -2.40. The van der Waals surface area contributed by atoms with Crippen LogP contribution in [0, 0.1) is 6.92 Å². The molecule has 2 aliphatic rings. The molecule has 2 saturated heterocycles. The number of hydrogen-bond acceptors (Lipinski definition) is 10. The van der Waals surface area contributed by atoms with Crippen LogP contribution in [0.3, 0.4) is 0 Å². The minimum atomic E-state index is -1.29. The first-order valence-electron chi connectivity index (χ1n) is 20.1. The van der Waals surface area contributed by atoms with Crippen molar-refractivity contribution in [3.05, 3.63) is 41.3 Å². The first-order valence-corrected chi connectivity index (χ1v) is 28.4. The largest absolute Gasteiger partial charge is 0.444 e. The van der Waals surface area contributed by atoms with Gasteiger partial charge in [-0.1, -0.05) is 52.2 Å². The summed E-state index contributed by atoms with van der Waals surface area (Å²) in [6.45, 7) is 26.6. The summed E-state index contributed by atoms with van der Waals surface area (Å²) >= 11 is 1.64. The van der Waals surface area contributed by atoms with Gasteiger partial charge in [0.2, 0.25) is 0 Å². The van der Waals surface area contributed by atoms with Crippen LogP contribution < -0.4 is 10.4 Å². The summed E-state index contributed by atoms with van der Waals surface area (Å²) in [5.41, 5.74) is 5.23. The number of amides is 1. The van der Waals surface area contributed by atoms with E-state index in [4.69, 9.17) is 29.3 Å². The van der Waals surface area contributed by atoms with E-state index in [1.165, 1.54) is 0 Å². The first kappa shape index (κ1) is 41.5. The SMILES string of the molecule is CBc1c([C@@H]2C[C@H]3CC[C@@H](C2)N3C(=O)OC(C)(C)C)nc2c(-c3ccc(-c4ncc(C)s4)nc3)cnn2c1N(COCC[Si](C)(C)C)COCC[Si](C)(C)C.